The van der Waals surface area contributed by atoms with Crippen molar-refractivity contribution in [3.8, 4) is 0 Å². The van der Waals surface area contributed by atoms with Gasteiger partial charge in [0, 0.05) is 10.0 Å². The van der Waals surface area contributed by atoms with Crippen LogP contribution in [0.2, 0.25) is 10.0 Å². The van der Waals surface area contributed by atoms with Crippen molar-refractivity contribution in [3.63, 3.8) is 0 Å². The Kier molecular flexibility index (Phi) is 3.87. The Morgan fingerprint density at radius 3 is 2.58 bits per heavy atom. The normalized spacial score (nSPS) is 14.3. The van der Waals surface area contributed by atoms with Crippen molar-refractivity contribution in [1.29, 1.82) is 0 Å². The number of amidine groups is 1. The lowest BCUT2D eigenvalue weighted by molar-refractivity contribution is -0.116. The van der Waals surface area contributed by atoms with E-state index in [4.69, 9.17) is 23.2 Å². The van der Waals surface area contributed by atoms with Crippen LogP contribution in [0, 0.1) is 0 Å². The molecule has 0 aromatic heterocycles. The Balaban J connectivity index is 2.27. The van der Waals surface area contributed by atoms with Crippen molar-refractivity contribution in [3.05, 3.63) is 40.9 Å². The van der Waals surface area contributed by atoms with Gasteiger partial charge in [0.2, 0.25) is 5.91 Å². The summed E-state index contributed by atoms with van der Waals surface area (Å²) in [6.07, 6.45) is 1.11. The fourth-order valence-corrected chi connectivity index (χ4v) is 2.07. The molecule has 1 aliphatic heterocycles. The molecule has 1 aromatic rings. The molecule has 7 heteroatoms. The summed E-state index contributed by atoms with van der Waals surface area (Å²) in [6, 6.07) is 4.68. The molecular formula is C12H9Cl2N3O2. The summed E-state index contributed by atoms with van der Waals surface area (Å²) in [5, 5.41) is 8.41. The van der Waals surface area contributed by atoms with E-state index in [1.54, 1.807) is 18.2 Å². The maximum absolute atomic E-state index is 11.8. The Hall–Kier alpha value is -1.85. The molecule has 0 aliphatic carbocycles. The highest BCUT2D eigenvalue weighted by Gasteiger charge is 2.26. The third-order valence-electron chi connectivity index (χ3n) is 2.32. The van der Waals surface area contributed by atoms with E-state index in [0.717, 1.165) is 11.1 Å². The van der Waals surface area contributed by atoms with Crippen molar-refractivity contribution in [1.82, 2.24) is 5.32 Å². The van der Waals surface area contributed by atoms with E-state index in [-0.39, 0.29) is 18.2 Å². The zero-order valence-electron chi connectivity index (χ0n) is 9.69. The van der Waals surface area contributed by atoms with Crippen LogP contribution in [-0.2, 0) is 9.59 Å². The monoisotopic (exact) mass is 297 g/mol. The number of rotatable bonds is 2. The summed E-state index contributed by atoms with van der Waals surface area (Å²) >= 11 is 11.7. The molecular weight excluding hydrogens is 289 g/mol. The van der Waals surface area contributed by atoms with E-state index in [1.165, 1.54) is 0 Å². The van der Waals surface area contributed by atoms with Gasteiger partial charge in [0.25, 0.3) is 5.91 Å². The number of hydrogen-bond donors (Lipinski definition) is 1. The third-order valence-corrected chi connectivity index (χ3v) is 2.76. The average Bonchev–Trinajstić information content (AvgIpc) is 2.68. The van der Waals surface area contributed by atoms with Crippen LogP contribution in [0.25, 0.3) is 0 Å². The van der Waals surface area contributed by atoms with Crippen LogP contribution in [0.4, 0.5) is 5.69 Å². The SMILES string of the molecule is C=CC(=O)NC1=NN(c2cc(Cl)cc(Cl)c2)C(=O)C1. The number of carbonyl (C=O) groups excluding carboxylic acids is 2. The largest absolute Gasteiger partial charge is 0.309 e. The van der Waals surface area contributed by atoms with Crippen molar-refractivity contribution in [2.45, 2.75) is 6.42 Å². The van der Waals surface area contributed by atoms with Crippen LogP contribution in [0.5, 0.6) is 0 Å². The Morgan fingerprint density at radius 1 is 1.37 bits per heavy atom. The second kappa shape index (κ2) is 5.42. The first-order valence-corrected chi connectivity index (χ1v) is 6.05. The van der Waals surface area contributed by atoms with Crippen LogP contribution in [-0.4, -0.2) is 17.6 Å². The highest BCUT2D eigenvalue weighted by Crippen LogP contribution is 2.27. The quantitative estimate of drug-likeness (QED) is 0.852. The van der Waals surface area contributed by atoms with Crippen molar-refractivity contribution >= 4 is 46.5 Å². The minimum atomic E-state index is -0.419. The summed E-state index contributed by atoms with van der Waals surface area (Å²) in [7, 11) is 0. The maximum atomic E-state index is 11.8. The lowest BCUT2D eigenvalue weighted by Crippen LogP contribution is -2.27. The fourth-order valence-electron chi connectivity index (χ4n) is 1.56. The Morgan fingerprint density at radius 2 is 2.00 bits per heavy atom. The molecule has 0 fully saturated rings. The topological polar surface area (TPSA) is 61.8 Å². The number of amides is 2. The van der Waals surface area contributed by atoms with E-state index >= 15 is 0 Å². The lowest BCUT2D eigenvalue weighted by atomic mass is 10.3. The number of nitrogens with one attached hydrogen (secondary N) is 1. The van der Waals surface area contributed by atoms with Gasteiger partial charge in [-0.1, -0.05) is 29.8 Å². The summed E-state index contributed by atoms with van der Waals surface area (Å²) in [4.78, 5) is 23.0. The molecule has 19 heavy (non-hydrogen) atoms. The molecule has 0 atom stereocenters. The number of anilines is 1. The number of benzene rings is 1. The first-order valence-electron chi connectivity index (χ1n) is 5.29. The second-order valence-electron chi connectivity index (χ2n) is 3.75. The molecule has 0 radical (unpaired) electrons. The van der Waals surface area contributed by atoms with E-state index < -0.39 is 5.91 Å². The van der Waals surface area contributed by atoms with Gasteiger partial charge in [-0.3, -0.25) is 9.59 Å². The fraction of sp³-hybridized carbons (Fsp3) is 0.0833. The van der Waals surface area contributed by atoms with E-state index in [2.05, 4.69) is 17.0 Å². The molecule has 1 aromatic carbocycles. The van der Waals surface area contributed by atoms with Gasteiger partial charge in [-0.25, -0.2) is 0 Å². The highest BCUT2D eigenvalue weighted by atomic mass is 35.5. The molecule has 1 aliphatic rings. The van der Waals surface area contributed by atoms with E-state index in [0.29, 0.717) is 15.7 Å². The summed E-state index contributed by atoms with van der Waals surface area (Å²) < 4.78 is 0. The molecule has 0 bridgehead atoms. The molecule has 0 saturated carbocycles. The number of hydrogen-bond acceptors (Lipinski definition) is 3. The van der Waals surface area contributed by atoms with Crippen LogP contribution < -0.4 is 10.3 Å². The Labute approximate surface area is 119 Å². The average molecular weight is 298 g/mol. The number of hydrazone groups is 1. The summed E-state index contributed by atoms with van der Waals surface area (Å²) in [5.41, 5.74) is 0.449. The molecule has 2 amide bonds. The summed E-state index contributed by atoms with van der Waals surface area (Å²) in [6.45, 7) is 3.32. The molecule has 0 saturated heterocycles. The highest BCUT2D eigenvalue weighted by molar-refractivity contribution is 6.35. The smallest absolute Gasteiger partial charge is 0.255 e. The number of carbonyl (C=O) groups is 2. The van der Waals surface area contributed by atoms with Gasteiger partial charge in [0.1, 0.15) is 5.84 Å². The van der Waals surface area contributed by atoms with Crippen molar-refractivity contribution < 1.29 is 9.59 Å². The first kappa shape index (κ1) is 13.6. The Bertz CT molecular complexity index is 578. The molecule has 2 rings (SSSR count). The van der Waals surface area contributed by atoms with Gasteiger partial charge < -0.3 is 5.32 Å². The standard InChI is InChI=1S/C12H9Cl2N3O2/c1-2-11(18)15-10-6-12(19)17(16-10)9-4-7(13)3-8(14)5-9/h2-5H,1,6H2,(H,15,16,18). The van der Waals surface area contributed by atoms with Crippen LogP contribution >= 0.6 is 23.2 Å². The predicted octanol–water partition coefficient (Wildman–Crippen LogP) is 2.35. The van der Waals surface area contributed by atoms with E-state index in [9.17, 15) is 9.59 Å². The van der Waals surface area contributed by atoms with Gasteiger partial charge in [-0.05, 0) is 24.3 Å². The van der Waals surface area contributed by atoms with Crippen LogP contribution in [0.15, 0.2) is 36.0 Å². The van der Waals surface area contributed by atoms with Crippen LogP contribution in [0.1, 0.15) is 6.42 Å². The molecule has 0 spiro atoms. The van der Waals surface area contributed by atoms with Gasteiger partial charge in [0.05, 0.1) is 12.1 Å². The minimum absolute atomic E-state index is 0.00368. The lowest BCUT2D eigenvalue weighted by Gasteiger charge is -2.11. The summed E-state index contributed by atoms with van der Waals surface area (Å²) in [5.74, 6) is -0.443. The van der Waals surface area contributed by atoms with Crippen LogP contribution in [0.3, 0.4) is 0 Å². The van der Waals surface area contributed by atoms with Gasteiger partial charge in [0.15, 0.2) is 0 Å². The van der Waals surface area contributed by atoms with Gasteiger partial charge in [-0.2, -0.15) is 10.1 Å². The van der Waals surface area contributed by atoms with Crippen molar-refractivity contribution in [2.75, 3.05) is 5.01 Å². The number of halogens is 2. The molecule has 0 unspecified atom stereocenters. The second-order valence-corrected chi connectivity index (χ2v) is 4.62. The third kappa shape index (κ3) is 3.13. The van der Waals surface area contributed by atoms with E-state index in [1.807, 2.05) is 0 Å². The van der Waals surface area contributed by atoms with Gasteiger partial charge >= 0.3 is 0 Å². The number of nitrogens with zero attached hydrogens (tertiary/aromatic N) is 2. The first-order chi connectivity index (χ1) is 8.99. The van der Waals surface area contributed by atoms with Crippen molar-refractivity contribution in [2.24, 2.45) is 5.10 Å². The minimum Gasteiger partial charge on any atom is -0.309 e. The molecule has 98 valence electrons. The predicted molar refractivity (Wildman–Crippen MR) is 74.3 cm³/mol. The molecule has 1 heterocycles. The molecule has 5 nitrogen and oxygen atoms in total. The molecule has 1 N–H and O–H groups in total. The zero-order chi connectivity index (χ0) is 14.0. The maximum Gasteiger partial charge on any atom is 0.255 e. The zero-order valence-corrected chi connectivity index (χ0v) is 11.2. The van der Waals surface area contributed by atoms with Gasteiger partial charge in [-0.15, -0.1) is 0 Å².